The zero-order valence-electron chi connectivity index (χ0n) is 10.5. The first-order valence-electron chi connectivity index (χ1n) is 5.32. The highest BCUT2D eigenvalue weighted by Gasteiger charge is 2.38. The van der Waals surface area contributed by atoms with E-state index in [9.17, 15) is 14.7 Å². The van der Waals surface area contributed by atoms with Gasteiger partial charge in [0.25, 0.3) is 0 Å². The summed E-state index contributed by atoms with van der Waals surface area (Å²) in [5, 5.41) is 18.6. The largest absolute Gasteiger partial charge is 0.481 e. The Labute approximate surface area is 101 Å². The molecule has 0 rings (SSSR count). The molecule has 2 atom stereocenters. The lowest BCUT2D eigenvalue weighted by Crippen LogP contribution is -2.44. The van der Waals surface area contributed by atoms with E-state index in [-0.39, 0.29) is 6.42 Å². The molecule has 1 unspecified atom stereocenters. The van der Waals surface area contributed by atoms with Crippen LogP contribution in [0.5, 0.6) is 0 Å². The molecule has 0 spiro atoms. The molecule has 0 aromatic carbocycles. The topological polar surface area (TPSA) is 83.8 Å². The summed E-state index contributed by atoms with van der Waals surface area (Å²) in [6.07, 6.45) is 0.114. The number of aldehydes is 1. The Morgan fingerprint density at radius 3 is 2.29 bits per heavy atom. The molecule has 0 amide bonds. The van der Waals surface area contributed by atoms with Crippen molar-refractivity contribution in [3.8, 4) is 0 Å². The van der Waals surface area contributed by atoms with E-state index in [1.54, 1.807) is 20.8 Å². The number of carbonyl (C=O) groups excluding carboxylic acids is 1. The van der Waals surface area contributed by atoms with Crippen LogP contribution >= 0.6 is 0 Å². The van der Waals surface area contributed by atoms with Crippen molar-refractivity contribution in [3.63, 3.8) is 0 Å². The van der Waals surface area contributed by atoms with Crippen molar-refractivity contribution in [3.05, 3.63) is 12.7 Å². The minimum Gasteiger partial charge on any atom is -0.481 e. The van der Waals surface area contributed by atoms with Crippen molar-refractivity contribution in [2.24, 2.45) is 5.41 Å². The van der Waals surface area contributed by atoms with Crippen molar-refractivity contribution < 1.29 is 24.5 Å². The number of hydrogen-bond donors (Lipinski definition) is 2. The SMILES string of the molecule is C=CCC(C=O)(CC(=O)O)O[C@H](O)C(C)(C)C. The van der Waals surface area contributed by atoms with Crippen LogP contribution in [0, 0.1) is 5.41 Å². The number of aliphatic carboxylic acids is 1. The molecule has 0 heterocycles. The molecule has 0 radical (unpaired) electrons. The predicted molar refractivity (Wildman–Crippen MR) is 62.4 cm³/mol. The standard InChI is InChI=1S/C12H20O5/c1-5-6-12(8-13,7-9(14)15)17-10(16)11(2,3)4/h5,8,10,16H,1,6-7H2,2-4H3,(H,14,15)/t10-,12?/m0/s1. The first-order valence-corrected chi connectivity index (χ1v) is 5.32. The molecular formula is C12H20O5. The van der Waals surface area contributed by atoms with Gasteiger partial charge in [0.2, 0.25) is 0 Å². The van der Waals surface area contributed by atoms with Gasteiger partial charge in [0.05, 0.1) is 6.42 Å². The summed E-state index contributed by atoms with van der Waals surface area (Å²) in [6.45, 7) is 8.63. The molecular weight excluding hydrogens is 224 g/mol. The van der Waals surface area contributed by atoms with E-state index in [0.717, 1.165) is 0 Å². The van der Waals surface area contributed by atoms with Crippen LogP contribution in [-0.2, 0) is 14.3 Å². The van der Waals surface area contributed by atoms with Crippen molar-refractivity contribution in [2.45, 2.75) is 45.5 Å². The average molecular weight is 244 g/mol. The Kier molecular flexibility index (Phi) is 5.51. The molecule has 5 nitrogen and oxygen atoms in total. The van der Waals surface area contributed by atoms with Gasteiger partial charge in [0, 0.05) is 11.8 Å². The second-order valence-electron chi connectivity index (χ2n) is 5.08. The molecule has 17 heavy (non-hydrogen) atoms. The lowest BCUT2D eigenvalue weighted by Gasteiger charge is -2.34. The normalized spacial score (nSPS) is 16.9. The monoisotopic (exact) mass is 244 g/mol. The van der Waals surface area contributed by atoms with Crippen LogP contribution in [0.2, 0.25) is 0 Å². The van der Waals surface area contributed by atoms with Crippen LogP contribution in [-0.4, -0.2) is 34.4 Å². The molecule has 98 valence electrons. The maximum atomic E-state index is 11.1. The van der Waals surface area contributed by atoms with Gasteiger partial charge in [-0.15, -0.1) is 6.58 Å². The highest BCUT2D eigenvalue weighted by molar-refractivity contribution is 5.76. The maximum Gasteiger partial charge on any atom is 0.306 e. The number of carbonyl (C=O) groups is 2. The highest BCUT2D eigenvalue weighted by Crippen LogP contribution is 2.28. The van der Waals surface area contributed by atoms with Crippen molar-refractivity contribution in [2.75, 3.05) is 0 Å². The fourth-order valence-electron chi connectivity index (χ4n) is 1.18. The summed E-state index contributed by atoms with van der Waals surface area (Å²) < 4.78 is 5.24. The summed E-state index contributed by atoms with van der Waals surface area (Å²) in [4.78, 5) is 21.8. The molecule has 0 saturated heterocycles. The summed E-state index contributed by atoms with van der Waals surface area (Å²) in [7, 11) is 0. The maximum absolute atomic E-state index is 11.1. The third-order valence-corrected chi connectivity index (χ3v) is 2.24. The van der Waals surface area contributed by atoms with Gasteiger partial charge in [-0.3, -0.25) is 4.79 Å². The minimum absolute atomic E-state index is 0.0376. The Morgan fingerprint density at radius 2 is 2.00 bits per heavy atom. The van der Waals surface area contributed by atoms with Gasteiger partial charge in [-0.05, 0) is 0 Å². The third-order valence-electron chi connectivity index (χ3n) is 2.24. The molecule has 5 heteroatoms. The van der Waals surface area contributed by atoms with E-state index in [1.807, 2.05) is 0 Å². The number of aliphatic hydroxyl groups is 1. The quantitative estimate of drug-likeness (QED) is 0.401. The van der Waals surface area contributed by atoms with Gasteiger partial charge in [0.15, 0.2) is 12.6 Å². The smallest absolute Gasteiger partial charge is 0.306 e. The van der Waals surface area contributed by atoms with Crippen molar-refractivity contribution in [1.29, 1.82) is 0 Å². The molecule has 0 aliphatic rings. The van der Waals surface area contributed by atoms with E-state index in [0.29, 0.717) is 6.29 Å². The molecule has 2 N–H and O–H groups in total. The van der Waals surface area contributed by atoms with E-state index in [1.165, 1.54) is 6.08 Å². The number of carboxylic acid groups (broad SMARTS) is 1. The first-order chi connectivity index (χ1) is 7.67. The zero-order valence-corrected chi connectivity index (χ0v) is 10.5. The first kappa shape index (κ1) is 15.8. The predicted octanol–water partition coefficient (Wildman–Crippen LogP) is 1.36. The molecule has 0 aromatic rings. The fourth-order valence-corrected chi connectivity index (χ4v) is 1.18. The summed E-state index contributed by atoms with van der Waals surface area (Å²) in [5.74, 6) is -1.17. The van der Waals surface area contributed by atoms with Crippen LogP contribution in [0.15, 0.2) is 12.7 Å². The molecule has 0 bridgehead atoms. The minimum atomic E-state index is -1.56. The fraction of sp³-hybridized carbons (Fsp3) is 0.667. The van der Waals surface area contributed by atoms with Crippen LogP contribution in [0.1, 0.15) is 33.6 Å². The number of carboxylic acids is 1. The summed E-state index contributed by atoms with van der Waals surface area (Å²) in [6, 6.07) is 0. The van der Waals surface area contributed by atoms with E-state index in [2.05, 4.69) is 6.58 Å². The molecule has 0 aliphatic heterocycles. The van der Waals surface area contributed by atoms with E-state index < -0.39 is 29.7 Å². The lowest BCUT2D eigenvalue weighted by atomic mass is 9.93. The van der Waals surface area contributed by atoms with Gasteiger partial charge >= 0.3 is 5.97 Å². The van der Waals surface area contributed by atoms with Crippen LogP contribution in [0.25, 0.3) is 0 Å². The second-order valence-corrected chi connectivity index (χ2v) is 5.08. The van der Waals surface area contributed by atoms with Gasteiger partial charge in [0.1, 0.15) is 5.60 Å². The lowest BCUT2D eigenvalue weighted by molar-refractivity contribution is -0.221. The van der Waals surface area contributed by atoms with E-state index in [4.69, 9.17) is 9.84 Å². The summed E-state index contributed by atoms with van der Waals surface area (Å²) >= 11 is 0. The van der Waals surface area contributed by atoms with Crippen molar-refractivity contribution in [1.82, 2.24) is 0 Å². The molecule has 0 fully saturated rings. The number of ether oxygens (including phenoxy) is 1. The van der Waals surface area contributed by atoms with Gasteiger partial charge in [-0.1, -0.05) is 26.8 Å². The number of aliphatic hydroxyl groups excluding tert-OH is 1. The molecule has 0 aliphatic carbocycles. The van der Waals surface area contributed by atoms with Gasteiger partial charge in [-0.2, -0.15) is 0 Å². The summed E-state index contributed by atoms with van der Waals surface area (Å²) in [5.41, 5.74) is -2.16. The Morgan fingerprint density at radius 1 is 1.47 bits per heavy atom. The van der Waals surface area contributed by atoms with Crippen molar-refractivity contribution >= 4 is 12.3 Å². The molecule has 0 aromatic heterocycles. The Bertz CT molecular complexity index is 292. The highest BCUT2D eigenvalue weighted by atomic mass is 16.6. The second kappa shape index (κ2) is 5.93. The van der Waals surface area contributed by atoms with Crippen LogP contribution in [0.4, 0.5) is 0 Å². The van der Waals surface area contributed by atoms with Gasteiger partial charge in [-0.25, -0.2) is 0 Å². The van der Waals surface area contributed by atoms with E-state index >= 15 is 0 Å². The number of hydrogen-bond acceptors (Lipinski definition) is 4. The van der Waals surface area contributed by atoms with Gasteiger partial charge < -0.3 is 19.7 Å². The number of rotatable bonds is 7. The van der Waals surface area contributed by atoms with Crippen LogP contribution in [0.3, 0.4) is 0 Å². The average Bonchev–Trinajstić information content (AvgIpc) is 2.15. The Balaban J connectivity index is 4.97. The molecule has 0 saturated carbocycles. The van der Waals surface area contributed by atoms with Crippen LogP contribution < -0.4 is 0 Å². The Hall–Kier alpha value is -1.20. The zero-order chi connectivity index (χ0) is 13.7. The third kappa shape index (κ3) is 5.10.